The predicted molar refractivity (Wildman–Crippen MR) is 139 cm³/mol. The second kappa shape index (κ2) is 10.3. The zero-order valence-corrected chi connectivity index (χ0v) is 23.5. The van der Waals surface area contributed by atoms with Gasteiger partial charge < -0.3 is 19.5 Å². The Kier molecular flexibility index (Phi) is 7.81. The number of nitrogens with one attached hydrogen (secondary N) is 1. The molecule has 1 unspecified atom stereocenters. The minimum atomic E-state index is -4.76. The number of alkyl carbamates (subject to hydrolysis) is 1. The second-order valence-corrected chi connectivity index (χ2v) is 13.3. The Morgan fingerprint density at radius 3 is 2.33 bits per heavy atom. The van der Waals surface area contributed by atoms with Gasteiger partial charge in [-0.3, -0.25) is 24.7 Å². The molecule has 3 fully saturated rings. The van der Waals surface area contributed by atoms with E-state index in [1.807, 2.05) is 27.7 Å². The third kappa shape index (κ3) is 5.39. The third-order valence-electron chi connectivity index (χ3n) is 9.95. The highest BCUT2D eigenvalue weighted by Gasteiger charge is 2.68. The molecule has 0 spiro atoms. The summed E-state index contributed by atoms with van der Waals surface area (Å²) in [5.74, 6) is -1.86. The van der Waals surface area contributed by atoms with Crippen molar-refractivity contribution in [3.8, 4) is 5.75 Å². The summed E-state index contributed by atoms with van der Waals surface area (Å²) < 4.78 is 21.4. The quantitative estimate of drug-likeness (QED) is 0.331. The van der Waals surface area contributed by atoms with Crippen LogP contribution in [0.25, 0.3) is 0 Å². The van der Waals surface area contributed by atoms with Crippen LogP contribution >= 0.6 is 7.82 Å². The number of aliphatic hydroxyl groups excluding tert-OH is 2. The van der Waals surface area contributed by atoms with Crippen LogP contribution in [0.2, 0.25) is 0 Å². The first-order chi connectivity index (χ1) is 18.0. The molecule has 0 heterocycles. The van der Waals surface area contributed by atoms with Crippen molar-refractivity contribution in [2.24, 2.45) is 28.1 Å². The number of ether oxygens (including phenoxy) is 1. The molecule has 0 aromatic heterocycles. The summed E-state index contributed by atoms with van der Waals surface area (Å²) in [6.45, 7) is 7.84. The Balaban J connectivity index is 1.61. The molecule has 0 aliphatic heterocycles. The van der Waals surface area contributed by atoms with Gasteiger partial charge in [-0.25, -0.2) is 9.36 Å². The zero-order chi connectivity index (χ0) is 29.0. The van der Waals surface area contributed by atoms with E-state index in [-0.39, 0.29) is 35.9 Å². The maximum atomic E-state index is 13.4. The fourth-order valence-electron chi connectivity index (χ4n) is 7.30. The van der Waals surface area contributed by atoms with Gasteiger partial charge in [0.25, 0.3) is 5.91 Å². The summed E-state index contributed by atoms with van der Waals surface area (Å²) in [6, 6.07) is 4.85. The van der Waals surface area contributed by atoms with Gasteiger partial charge in [0.05, 0.1) is 6.10 Å². The molecule has 216 valence electrons. The summed E-state index contributed by atoms with van der Waals surface area (Å²) in [7, 11) is -4.76. The smallest absolute Gasteiger partial charge is 0.445 e. The number of Topliss-reactive ketones (excluding diaryl/α,β-unsaturated/α-hetero) is 1. The van der Waals surface area contributed by atoms with Crippen LogP contribution in [0.5, 0.6) is 5.75 Å². The van der Waals surface area contributed by atoms with Gasteiger partial charge in [0.15, 0.2) is 5.78 Å². The van der Waals surface area contributed by atoms with Gasteiger partial charge in [0, 0.05) is 16.9 Å². The third-order valence-corrected chi connectivity index (χ3v) is 10.4. The van der Waals surface area contributed by atoms with Crippen LogP contribution in [0.4, 0.5) is 4.79 Å². The van der Waals surface area contributed by atoms with Crippen molar-refractivity contribution in [3.05, 3.63) is 29.8 Å². The first kappa shape index (κ1) is 29.7. The zero-order valence-electron chi connectivity index (χ0n) is 22.6. The van der Waals surface area contributed by atoms with Crippen molar-refractivity contribution in [2.75, 3.05) is 0 Å². The molecule has 1 aromatic rings. The van der Waals surface area contributed by atoms with Crippen molar-refractivity contribution >= 4 is 25.6 Å². The molecule has 2 bridgehead atoms. The van der Waals surface area contributed by atoms with Gasteiger partial charge >= 0.3 is 13.9 Å². The molecule has 2 amide bonds. The molecule has 11 nitrogen and oxygen atoms in total. The number of phosphoric ester groups is 1. The van der Waals surface area contributed by atoms with E-state index < -0.39 is 60.3 Å². The van der Waals surface area contributed by atoms with Crippen LogP contribution in [-0.2, 0) is 14.1 Å². The minimum Gasteiger partial charge on any atom is -0.445 e. The first-order valence-electron chi connectivity index (χ1n) is 13.3. The maximum absolute atomic E-state index is 13.4. The number of carbonyl (C=O) groups is 3. The highest BCUT2D eigenvalue weighted by atomic mass is 31.2. The topological polar surface area (TPSA) is 180 Å². The first-order valence-corrected chi connectivity index (χ1v) is 14.8. The molecule has 8 atom stereocenters. The second-order valence-electron chi connectivity index (χ2n) is 12.1. The van der Waals surface area contributed by atoms with Crippen molar-refractivity contribution in [2.45, 2.75) is 84.5 Å². The van der Waals surface area contributed by atoms with E-state index in [0.717, 1.165) is 6.42 Å². The largest absolute Gasteiger partial charge is 0.524 e. The Hall–Kier alpha value is -2.30. The number of phosphoric acid groups is 1. The summed E-state index contributed by atoms with van der Waals surface area (Å²) in [4.78, 5) is 57.1. The molecule has 12 heteroatoms. The van der Waals surface area contributed by atoms with Crippen LogP contribution in [0.3, 0.4) is 0 Å². The standard InChI is InChI=1S/C27H38NO10P/c1-5-25(3)14-20(37-24(33)28-23(32)16-6-8-17(9-7-16)38-39(34,35)36)26(4)15(2)10-11-27(13-19(25)30)12-18(29)21(31)22(26)27/h6-9,15,18-20,22,29-30H,5,10-14H2,1-4H3,(H,28,32,33)(H2,34,35,36)/t15-,18+,19+,20-,22+,25-,26+,27?/m1/s1. The summed E-state index contributed by atoms with van der Waals surface area (Å²) in [5, 5.41) is 24.3. The number of imide groups is 1. The molecule has 0 saturated heterocycles. The number of hydrogen-bond donors (Lipinski definition) is 5. The molecule has 1 aromatic carbocycles. The molecule has 0 radical (unpaired) electrons. The maximum Gasteiger partial charge on any atom is 0.524 e. The van der Waals surface area contributed by atoms with Crippen molar-refractivity contribution < 1.29 is 48.2 Å². The van der Waals surface area contributed by atoms with Gasteiger partial charge in [0.2, 0.25) is 0 Å². The predicted octanol–water partition coefficient (Wildman–Crippen LogP) is 3.34. The summed E-state index contributed by atoms with van der Waals surface area (Å²) in [5.41, 5.74) is -2.03. The van der Waals surface area contributed by atoms with Gasteiger partial charge in [-0.05, 0) is 79.5 Å². The highest BCUT2D eigenvalue weighted by molar-refractivity contribution is 7.46. The van der Waals surface area contributed by atoms with E-state index in [4.69, 9.17) is 14.5 Å². The number of aliphatic hydroxyl groups is 2. The van der Waals surface area contributed by atoms with E-state index >= 15 is 0 Å². The van der Waals surface area contributed by atoms with Crippen LogP contribution in [0, 0.1) is 28.1 Å². The van der Waals surface area contributed by atoms with Crippen LogP contribution < -0.4 is 9.84 Å². The van der Waals surface area contributed by atoms with Crippen molar-refractivity contribution in [3.63, 3.8) is 0 Å². The van der Waals surface area contributed by atoms with E-state index in [9.17, 15) is 29.2 Å². The molecule has 3 aliphatic carbocycles. The van der Waals surface area contributed by atoms with Gasteiger partial charge in [-0.15, -0.1) is 0 Å². The van der Waals surface area contributed by atoms with E-state index in [0.29, 0.717) is 19.3 Å². The normalized spacial score (nSPS) is 38.3. The van der Waals surface area contributed by atoms with Crippen LogP contribution in [0.1, 0.15) is 76.6 Å². The molecular weight excluding hydrogens is 529 g/mol. The molecule has 3 saturated carbocycles. The monoisotopic (exact) mass is 567 g/mol. The lowest BCUT2D eigenvalue weighted by molar-refractivity contribution is -0.179. The molecule has 4 rings (SSSR count). The fourth-order valence-corrected chi connectivity index (χ4v) is 7.70. The number of rotatable bonds is 5. The molecule has 5 N–H and O–H groups in total. The van der Waals surface area contributed by atoms with Gasteiger partial charge in [0.1, 0.15) is 18.0 Å². The Bertz CT molecular complexity index is 1180. The Morgan fingerprint density at radius 1 is 1.10 bits per heavy atom. The average molecular weight is 568 g/mol. The van der Waals surface area contributed by atoms with Gasteiger partial charge in [-0.2, -0.15) is 0 Å². The highest BCUT2D eigenvalue weighted by Crippen LogP contribution is 2.66. The Morgan fingerprint density at radius 2 is 1.74 bits per heavy atom. The van der Waals surface area contributed by atoms with E-state index in [1.54, 1.807) is 0 Å². The van der Waals surface area contributed by atoms with Crippen LogP contribution in [-0.4, -0.2) is 56.1 Å². The lowest BCUT2D eigenvalue weighted by Crippen LogP contribution is -2.61. The SMILES string of the molecule is CC[C@]1(C)C[C@@H](OC(=O)NC(=O)c2ccc(OP(=O)(O)O)cc2)[C@]2(C)[C@H](C)CCC3(C[C@H](O)C(=O)[C@H]32)C[C@@H]1O. The van der Waals surface area contributed by atoms with Gasteiger partial charge in [-0.1, -0.05) is 27.7 Å². The van der Waals surface area contributed by atoms with Crippen LogP contribution in [0.15, 0.2) is 24.3 Å². The number of benzene rings is 1. The molecular formula is C27H38NO10P. The Labute approximate surface area is 227 Å². The van der Waals surface area contributed by atoms with Crippen molar-refractivity contribution in [1.29, 1.82) is 0 Å². The number of carbonyl (C=O) groups excluding carboxylic acids is 3. The lowest BCUT2D eigenvalue weighted by atomic mass is 9.46. The molecule has 39 heavy (non-hydrogen) atoms. The number of hydrogen-bond acceptors (Lipinski definition) is 8. The number of ketones is 1. The fraction of sp³-hybridized carbons (Fsp3) is 0.667. The van der Waals surface area contributed by atoms with E-state index in [2.05, 4.69) is 9.84 Å². The average Bonchev–Trinajstić information content (AvgIpc) is 3.09. The summed E-state index contributed by atoms with van der Waals surface area (Å²) >= 11 is 0. The summed E-state index contributed by atoms with van der Waals surface area (Å²) in [6.07, 6.45) is -0.767. The minimum absolute atomic E-state index is 0.0295. The van der Waals surface area contributed by atoms with E-state index in [1.165, 1.54) is 24.3 Å². The van der Waals surface area contributed by atoms with Crippen molar-refractivity contribution in [1.82, 2.24) is 5.32 Å². The number of amides is 2. The lowest BCUT2D eigenvalue weighted by Gasteiger charge is -2.59. The molecule has 3 aliphatic rings.